The van der Waals surface area contributed by atoms with E-state index >= 15 is 0 Å². The van der Waals surface area contributed by atoms with Gasteiger partial charge in [-0.15, -0.1) is 0 Å². The van der Waals surface area contributed by atoms with E-state index in [4.69, 9.17) is 0 Å². The van der Waals surface area contributed by atoms with Gasteiger partial charge in [0.05, 0.1) is 0 Å². The number of nitrogens with zero attached hydrogens (tertiary/aromatic N) is 2. The summed E-state index contributed by atoms with van der Waals surface area (Å²) in [5.41, 5.74) is 21.1. The van der Waals surface area contributed by atoms with Crippen LogP contribution in [-0.4, -0.2) is 6.71 Å². The van der Waals surface area contributed by atoms with Crippen molar-refractivity contribution in [3.8, 4) is 33.4 Å². The molecule has 0 radical (unpaired) electrons. The monoisotopic (exact) mass is 910 g/mol. The highest BCUT2D eigenvalue weighted by Crippen LogP contribution is 2.50. The van der Waals surface area contributed by atoms with Gasteiger partial charge in [0.2, 0.25) is 0 Å². The zero-order valence-electron chi connectivity index (χ0n) is 41.3. The van der Waals surface area contributed by atoms with Crippen molar-refractivity contribution in [2.45, 2.75) is 52.4 Å². The van der Waals surface area contributed by atoms with E-state index in [0.29, 0.717) is 0 Å². The third kappa shape index (κ3) is 6.93. The molecular formula is C68H55BN2. The maximum absolute atomic E-state index is 2.57. The molecule has 3 heteroatoms. The van der Waals surface area contributed by atoms with Crippen LogP contribution < -0.4 is 26.2 Å². The van der Waals surface area contributed by atoms with Gasteiger partial charge in [-0.2, -0.15) is 0 Å². The van der Waals surface area contributed by atoms with Crippen LogP contribution in [0.25, 0.3) is 65.7 Å². The summed E-state index contributed by atoms with van der Waals surface area (Å²) in [6, 6.07) is 84.5. The molecule has 0 spiro atoms. The van der Waals surface area contributed by atoms with Crippen LogP contribution in [0.1, 0.15) is 52.7 Å². The summed E-state index contributed by atoms with van der Waals surface area (Å²) in [6.07, 6.45) is 0. The van der Waals surface area contributed by atoms with Crippen LogP contribution in [0.5, 0.6) is 0 Å². The largest absolute Gasteiger partial charge is 0.311 e. The third-order valence-corrected chi connectivity index (χ3v) is 15.3. The van der Waals surface area contributed by atoms with Gasteiger partial charge in [-0.3, -0.25) is 0 Å². The fourth-order valence-corrected chi connectivity index (χ4v) is 11.8. The predicted octanol–water partition coefficient (Wildman–Crippen LogP) is 16.8. The first-order chi connectivity index (χ1) is 34.5. The molecule has 0 fully saturated rings. The summed E-state index contributed by atoms with van der Waals surface area (Å²) >= 11 is 0. The van der Waals surface area contributed by atoms with Gasteiger partial charge in [-0.05, 0) is 153 Å². The number of benzene rings is 11. The highest BCUT2D eigenvalue weighted by Gasteiger charge is 2.44. The van der Waals surface area contributed by atoms with Crippen molar-refractivity contribution in [3.63, 3.8) is 0 Å². The van der Waals surface area contributed by atoms with Gasteiger partial charge in [-0.1, -0.05) is 217 Å². The number of fused-ring (bicyclic) bond motifs is 7. The lowest BCUT2D eigenvalue weighted by Crippen LogP contribution is -2.61. The van der Waals surface area contributed by atoms with Gasteiger partial charge in [0, 0.05) is 34.1 Å². The minimum Gasteiger partial charge on any atom is -0.311 e. The molecule has 11 aromatic carbocycles. The van der Waals surface area contributed by atoms with Crippen LogP contribution in [0.15, 0.2) is 224 Å². The first kappa shape index (κ1) is 42.9. The van der Waals surface area contributed by atoms with Gasteiger partial charge in [0.15, 0.2) is 0 Å². The fraction of sp³-hybridized carbons (Fsp3) is 0.118. The number of hydrogen-bond donors (Lipinski definition) is 0. The van der Waals surface area contributed by atoms with E-state index in [9.17, 15) is 0 Å². The molecule has 0 aromatic heterocycles. The van der Waals surface area contributed by atoms with E-state index in [1.807, 2.05) is 0 Å². The molecule has 340 valence electrons. The molecule has 2 heterocycles. The smallest absolute Gasteiger partial charge is 0.252 e. The fourth-order valence-electron chi connectivity index (χ4n) is 11.8. The lowest BCUT2D eigenvalue weighted by Gasteiger charge is -2.45. The molecule has 13 rings (SSSR count). The second kappa shape index (κ2) is 16.2. The average molecular weight is 911 g/mol. The molecule has 0 saturated heterocycles. The summed E-state index contributed by atoms with van der Waals surface area (Å²) in [5, 5.41) is 7.47. The molecular weight excluding hydrogens is 856 g/mol. The predicted molar refractivity (Wildman–Crippen MR) is 307 cm³/mol. The Kier molecular flexibility index (Phi) is 9.81. The maximum Gasteiger partial charge on any atom is 0.252 e. The van der Waals surface area contributed by atoms with Gasteiger partial charge in [0.1, 0.15) is 0 Å². The molecule has 0 amide bonds. The van der Waals surface area contributed by atoms with Crippen molar-refractivity contribution < 1.29 is 0 Å². The summed E-state index contributed by atoms with van der Waals surface area (Å²) in [6.45, 7) is 14.0. The van der Waals surface area contributed by atoms with E-state index in [-0.39, 0.29) is 17.5 Å². The van der Waals surface area contributed by atoms with E-state index in [1.54, 1.807) is 0 Å². The maximum atomic E-state index is 2.57. The number of hydrogen-bond acceptors (Lipinski definition) is 2. The number of rotatable bonds is 5. The normalized spacial score (nSPS) is 13.1. The molecule has 0 aliphatic carbocycles. The SMILES string of the molecule is CC(C)(C)c1ccc2c(c1)N(c1ccccc1)c1cc(-c3c4ccccc4c(-c4ccc(-c5cccc6ccccc56)cc4)c4ccccc34)cc3c1B2c1ccc(C(C)(C)C)cc1N3c1ccccc1. The van der Waals surface area contributed by atoms with Crippen molar-refractivity contribution in [2.75, 3.05) is 9.80 Å². The van der Waals surface area contributed by atoms with Crippen molar-refractivity contribution in [2.24, 2.45) is 0 Å². The zero-order chi connectivity index (χ0) is 48.2. The zero-order valence-corrected chi connectivity index (χ0v) is 41.3. The van der Waals surface area contributed by atoms with E-state index in [1.165, 1.54) is 116 Å². The molecule has 0 atom stereocenters. The standard InChI is InChI=1S/C68H55BN2/c1-67(2,3)48-36-38-58-60(42-48)70(50-22-9-7-10-23-50)62-40-47(41-63-66(62)69(58)59-39-37-49(68(4,5)6)43-61(59)71(63)51-24-11-8-12-25-51)65-56-29-17-15-27-54(56)64(55-28-16-18-30-57(55)65)46-34-32-45(33-35-46)53-31-19-21-44-20-13-14-26-52(44)53/h7-43H,1-6H3. The van der Waals surface area contributed by atoms with Gasteiger partial charge in [0.25, 0.3) is 6.71 Å². The van der Waals surface area contributed by atoms with Crippen molar-refractivity contribution >= 4 is 89.5 Å². The first-order valence-electron chi connectivity index (χ1n) is 25.2. The van der Waals surface area contributed by atoms with Gasteiger partial charge < -0.3 is 9.80 Å². The Bertz CT molecular complexity index is 3700. The van der Waals surface area contributed by atoms with Gasteiger partial charge in [-0.25, -0.2) is 0 Å². The average Bonchev–Trinajstić information content (AvgIpc) is 3.39. The Labute approximate surface area is 418 Å². The van der Waals surface area contributed by atoms with Crippen LogP contribution in [-0.2, 0) is 10.8 Å². The highest BCUT2D eigenvalue weighted by atomic mass is 15.2. The van der Waals surface area contributed by atoms with Crippen molar-refractivity contribution in [3.05, 3.63) is 236 Å². The number of para-hydroxylation sites is 2. The Balaban J connectivity index is 1.11. The number of anilines is 6. The van der Waals surface area contributed by atoms with Crippen LogP contribution in [0.4, 0.5) is 34.1 Å². The third-order valence-electron chi connectivity index (χ3n) is 15.3. The summed E-state index contributed by atoms with van der Waals surface area (Å²) in [7, 11) is 0. The Hall–Kier alpha value is -8.14. The molecule has 2 nitrogen and oxygen atoms in total. The van der Waals surface area contributed by atoms with Crippen LogP contribution in [0.2, 0.25) is 0 Å². The second-order valence-electron chi connectivity index (χ2n) is 21.7. The Morgan fingerprint density at radius 1 is 0.324 bits per heavy atom. The molecule has 2 aliphatic rings. The molecule has 2 aliphatic heterocycles. The Morgan fingerprint density at radius 2 is 0.732 bits per heavy atom. The van der Waals surface area contributed by atoms with Crippen LogP contribution in [0, 0.1) is 0 Å². The molecule has 71 heavy (non-hydrogen) atoms. The van der Waals surface area contributed by atoms with Crippen LogP contribution >= 0.6 is 0 Å². The van der Waals surface area contributed by atoms with Crippen molar-refractivity contribution in [1.82, 2.24) is 0 Å². The molecule has 0 N–H and O–H groups in total. The van der Waals surface area contributed by atoms with Gasteiger partial charge >= 0.3 is 0 Å². The van der Waals surface area contributed by atoms with E-state index in [0.717, 1.165) is 11.4 Å². The van der Waals surface area contributed by atoms with Crippen molar-refractivity contribution in [1.29, 1.82) is 0 Å². The molecule has 0 bridgehead atoms. The lowest BCUT2D eigenvalue weighted by molar-refractivity contribution is 0.590. The summed E-state index contributed by atoms with van der Waals surface area (Å²) < 4.78 is 0. The second-order valence-corrected chi connectivity index (χ2v) is 21.7. The molecule has 0 unspecified atom stereocenters. The summed E-state index contributed by atoms with van der Waals surface area (Å²) in [5.74, 6) is 0. The molecule has 11 aromatic rings. The highest BCUT2D eigenvalue weighted by molar-refractivity contribution is 7.00. The summed E-state index contributed by atoms with van der Waals surface area (Å²) in [4.78, 5) is 5.13. The van der Waals surface area contributed by atoms with E-state index < -0.39 is 0 Å². The topological polar surface area (TPSA) is 6.48 Å². The molecule has 0 saturated carbocycles. The van der Waals surface area contributed by atoms with E-state index in [2.05, 4.69) is 276 Å². The van der Waals surface area contributed by atoms with Crippen LogP contribution in [0.3, 0.4) is 0 Å². The lowest BCUT2D eigenvalue weighted by atomic mass is 9.33. The minimum atomic E-state index is -0.0450. The Morgan fingerprint density at radius 3 is 1.21 bits per heavy atom. The minimum absolute atomic E-state index is 0.00900. The first-order valence-corrected chi connectivity index (χ1v) is 25.2. The quantitative estimate of drug-likeness (QED) is 0.125.